The van der Waals surface area contributed by atoms with E-state index >= 15 is 0 Å². The molecule has 6 nitrogen and oxygen atoms in total. The van der Waals surface area contributed by atoms with E-state index in [1.165, 1.54) is 6.92 Å². The highest BCUT2D eigenvalue weighted by atomic mass is 35.5. The topological polar surface area (TPSA) is 56.8 Å². The van der Waals surface area contributed by atoms with Gasteiger partial charge in [-0.15, -0.1) is 0 Å². The highest BCUT2D eigenvalue weighted by Gasteiger charge is 2.24. The summed E-state index contributed by atoms with van der Waals surface area (Å²) in [5.41, 5.74) is 0.947. The smallest absolute Gasteiger partial charge is 0.242 e. The third-order valence-electron chi connectivity index (χ3n) is 4.66. The Hall–Kier alpha value is -2.60. The van der Waals surface area contributed by atoms with Gasteiger partial charge in [-0.2, -0.15) is 0 Å². The molecule has 1 saturated heterocycles. The quantitative estimate of drug-likeness (QED) is 0.792. The molecular weight excluding hydrogens is 364 g/mol. The van der Waals surface area contributed by atoms with E-state index < -0.39 is 0 Å². The van der Waals surface area contributed by atoms with Crippen LogP contribution in [0.15, 0.2) is 48.7 Å². The number of benzene rings is 1. The van der Waals surface area contributed by atoms with Crippen LogP contribution in [0.4, 0.5) is 5.82 Å². The molecule has 2 amide bonds. The lowest BCUT2D eigenvalue weighted by Gasteiger charge is -2.36. The predicted octanol–water partition coefficient (Wildman–Crippen LogP) is 2.43. The van der Waals surface area contributed by atoms with E-state index in [1.54, 1.807) is 23.2 Å². The monoisotopic (exact) mass is 386 g/mol. The molecule has 0 bridgehead atoms. The summed E-state index contributed by atoms with van der Waals surface area (Å²) in [6.45, 7) is 4.69. The van der Waals surface area contributed by atoms with Crippen molar-refractivity contribution in [2.45, 2.75) is 13.5 Å². The van der Waals surface area contributed by atoms with Crippen LogP contribution < -0.4 is 4.90 Å². The van der Waals surface area contributed by atoms with Crippen LogP contribution in [-0.2, 0) is 16.1 Å². The van der Waals surface area contributed by atoms with Gasteiger partial charge in [0.25, 0.3) is 0 Å². The van der Waals surface area contributed by atoms with E-state index in [0.29, 0.717) is 24.7 Å². The second-order valence-corrected chi connectivity index (χ2v) is 6.99. The van der Waals surface area contributed by atoms with Crippen LogP contribution in [0.25, 0.3) is 0 Å². The summed E-state index contributed by atoms with van der Waals surface area (Å²) in [7, 11) is 0. The van der Waals surface area contributed by atoms with Crippen molar-refractivity contribution in [3.05, 3.63) is 59.2 Å². The minimum Gasteiger partial charge on any atom is -0.353 e. The number of hydrogen-bond acceptors (Lipinski definition) is 4. The SMILES string of the molecule is CC(=O)N(CC(=O)N1CCN(c2ccccn2)CC1)Cc1ccc(Cl)cc1. The molecule has 0 N–H and O–H groups in total. The standard InChI is InChI=1S/C20H23ClN4O2/c1-16(26)25(14-17-5-7-18(21)8-6-17)15-20(27)24-12-10-23(11-13-24)19-4-2-3-9-22-19/h2-9H,10-15H2,1H3. The van der Waals surface area contributed by atoms with Crippen molar-refractivity contribution in [3.63, 3.8) is 0 Å². The second kappa shape index (κ2) is 8.86. The first-order valence-corrected chi connectivity index (χ1v) is 9.34. The zero-order chi connectivity index (χ0) is 19.2. The Morgan fingerprint density at radius 3 is 2.37 bits per heavy atom. The number of rotatable bonds is 5. The average Bonchev–Trinajstić information content (AvgIpc) is 2.69. The number of carbonyl (C=O) groups excluding carboxylic acids is 2. The normalized spacial score (nSPS) is 14.1. The first-order valence-electron chi connectivity index (χ1n) is 8.96. The lowest BCUT2D eigenvalue weighted by Crippen LogP contribution is -2.51. The van der Waals surface area contributed by atoms with Crippen LogP contribution >= 0.6 is 11.6 Å². The van der Waals surface area contributed by atoms with Gasteiger partial charge in [0.2, 0.25) is 11.8 Å². The number of pyridine rings is 1. The number of aromatic nitrogens is 1. The Morgan fingerprint density at radius 1 is 1.07 bits per heavy atom. The van der Waals surface area contributed by atoms with Gasteiger partial charge in [-0.1, -0.05) is 29.8 Å². The number of nitrogens with zero attached hydrogens (tertiary/aromatic N) is 4. The summed E-state index contributed by atoms with van der Waals surface area (Å²) in [4.78, 5) is 34.6. The van der Waals surface area contributed by atoms with E-state index in [-0.39, 0.29) is 18.4 Å². The fraction of sp³-hybridized carbons (Fsp3) is 0.350. The molecule has 7 heteroatoms. The lowest BCUT2D eigenvalue weighted by molar-refractivity contribution is -0.140. The van der Waals surface area contributed by atoms with Gasteiger partial charge in [0.15, 0.2) is 0 Å². The Bertz CT molecular complexity index is 774. The molecular formula is C20H23ClN4O2. The van der Waals surface area contributed by atoms with Crippen molar-refractivity contribution >= 4 is 29.2 Å². The highest BCUT2D eigenvalue weighted by molar-refractivity contribution is 6.30. The third kappa shape index (κ3) is 5.20. The minimum atomic E-state index is -0.120. The molecule has 0 unspecified atom stereocenters. The molecule has 0 aliphatic carbocycles. The number of amides is 2. The molecule has 27 heavy (non-hydrogen) atoms. The maximum atomic E-state index is 12.7. The Balaban J connectivity index is 1.55. The van der Waals surface area contributed by atoms with Crippen LogP contribution in [0, 0.1) is 0 Å². The minimum absolute atomic E-state index is 0.0279. The third-order valence-corrected chi connectivity index (χ3v) is 4.92. The molecule has 1 aromatic carbocycles. The van der Waals surface area contributed by atoms with Crippen molar-refractivity contribution in [2.24, 2.45) is 0 Å². The highest BCUT2D eigenvalue weighted by Crippen LogP contribution is 2.14. The molecule has 0 radical (unpaired) electrons. The number of hydrogen-bond donors (Lipinski definition) is 0. The largest absolute Gasteiger partial charge is 0.353 e. The summed E-state index contributed by atoms with van der Waals surface area (Å²) in [6, 6.07) is 13.1. The van der Waals surface area contributed by atoms with Gasteiger partial charge < -0.3 is 14.7 Å². The summed E-state index contributed by atoms with van der Waals surface area (Å²) >= 11 is 5.90. The van der Waals surface area contributed by atoms with Gasteiger partial charge in [-0.05, 0) is 29.8 Å². The van der Waals surface area contributed by atoms with Gasteiger partial charge in [-0.25, -0.2) is 4.98 Å². The summed E-state index contributed by atoms with van der Waals surface area (Å²) in [6.07, 6.45) is 1.77. The van der Waals surface area contributed by atoms with Crippen LogP contribution in [0.2, 0.25) is 5.02 Å². The molecule has 2 heterocycles. The molecule has 2 aromatic rings. The zero-order valence-corrected chi connectivity index (χ0v) is 16.1. The number of carbonyl (C=O) groups is 2. The van der Waals surface area contributed by atoms with Gasteiger partial charge in [0, 0.05) is 50.9 Å². The van der Waals surface area contributed by atoms with Crippen LogP contribution in [0.5, 0.6) is 0 Å². The summed E-state index contributed by atoms with van der Waals surface area (Å²) < 4.78 is 0. The predicted molar refractivity (Wildman–Crippen MR) is 106 cm³/mol. The molecule has 1 aliphatic heterocycles. The Morgan fingerprint density at radius 2 is 1.78 bits per heavy atom. The maximum absolute atomic E-state index is 12.7. The molecule has 1 aromatic heterocycles. The first kappa shape index (κ1) is 19.2. The van der Waals surface area contributed by atoms with Crippen molar-refractivity contribution in [1.29, 1.82) is 0 Å². The number of anilines is 1. The van der Waals surface area contributed by atoms with Gasteiger partial charge >= 0.3 is 0 Å². The van der Waals surface area contributed by atoms with Crippen molar-refractivity contribution < 1.29 is 9.59 Å². The average molecular weight is 387 g/mol. The molecule has 1 fully saturated rings. The van der Waals surface area contributed by atoms with E-state index in [0.717, 1.165) is 24.5 Å². The summed E-state index contributed by atoms with van der Waals surface area (Å²) in [5, 5.41) is 0.648. The Labute approximate surface area is 164 Å². The maximum Gasteiger partial charge on any atom is 0.242 e. The number of halogens is 1. The van der Waals surface area contributed by atoms with E-state index in [2.05, 4.69) is 9.88 Å². The number of piperazine rings is 1. The zero-order valence-electron chi connectivity index (χ0n) is 15.3. The lowest BCUT2D eigenvalue weighted by atomic mass is 10.2. The fourth-order valence-electron chi connectivity index (χ4n) is 3.08. The van der Waals surface area contributed by atoms with Gasteiger partial charge in [-0.3, -0.25) is 9.59 Å². The molecule has 142 valence electrons. The van der Waals surface area contributed by atoms with E-state index in [4.69, 9.17) is 11.6 Å². The Kier molecular flexibility index (Phi) is 6.29. The van der Waals surface area contributed by atoms with Crippen molar-refractivity contribution in [2.75, 3.05) is 37.6 Å². The fourth-order valence-corrected chi connectivity index (χ4v) is 3.20. The van der Waals surface area contributed by atoms with E-state index in [9.17, 15) is 9.59 Å². The van der Waals surface area contributed by atoms with Crippen molar-refractivity contribution in [3.8, 4) is 0 Å². The second-order valence-electron chi connectivity index (χ2n) is 6.56. The van der Waals surface area contributed by atoms with Crippen molar-refractivity contribution in [1.82, 2.24) is 14.8 Å². The first-order chi connectivity index (χ1) is 13.0. The molecule has 1 aliphatic rings. The van der Waals surface area contributed by atoms with Gasteiger partial charge in [0.1, 0.15) is 12.4 Å². The van der Waals surface area contributed by atoms with Crippen LogP contribution in [-0.4, -0.2) is 59.3 Å². The molecule has 3 rings (SSSR count). The van der Waals surface area contributed by atoms with Gasteiger partial charge in [0.05, 0.1) is 0 Å². The summed E-state index contributed by atoms with van der Waals surface area (Å²) in [5.74, 6) is 0.781. The van der Waals surface area contributed by atoms with Crippen LogP contribution in [0.1, 0.15) is 12.5 Å². The molecule has 0 atom stereocenters. The van der Waals surface area contributed by atoms with Crippen LogP contribution in [0.3, 0.4) is 0 Å². The van der Waals surface area contributed by atoms with E-state index in [1.807, 2.05) is 35.2 Å². The molecule has 0 spiro atoms. The molecule has 0 saturated carbocycles.